The van der Waals surface area contributed by atoms with Gasteiger partial charge in [0.1, 0.15) is 9.50 Å². The topological polar surface area (TPSA) is 55.4 Å². The van der Waals surface area contributed by atoms with Gasteiger partial charge in [0.05, 0.1) is 18.6 Å². The van der Waals surface area contributed by atoms with E-state index in [0.717, 1.165) is 14.2 Å². The van der Waals surface area contributed by atoms with E-state index in [0.29, 0.717) is 9.18 Å². The monoisotopic (exact) mass is 245 g/mol. The number of thiophene rings is 2. The maximum absolute atomic E-state index is 7.60. The van der Waals surface area contributed by atoms with Crippen molar-refractivity contribution in [2.45, 2.75) is 0 Å². The summed E-state index contributed by atoms with van der Waals surface area (Å²) in [4.78, 5) is 1.12. The molecule has 3 heterocycles. The fourth-order valence-electron chi connectivity index (χ4n) is 1.19. The highest BCUT2D eigenvalue weighted by atomic mass is 32.1. The summed E-state index contributed by atoms with van der Waals surface area (Å²) in [6.45, 7) is 0. The van der Waals surface area contributed by atoms with Gasteiger partial charge in [-0.05, 0) is 11.5 Å². The molecule has 0 aromatic carbocycles. The van der Waals surface area contributed by atoms with Crippen molar-refractivity contribution in [2.75, 3.05) is 0 Å². The Balaban J connectivity index is 2.80. The predicted molar refractivity (Wildman–Crippen MR) is 60.5 cm³/mol. The molecule has 0 aliphatic heterocycles. The van der Waals surface area contributed by atoms with Crippen molar-refractivity contribution in [3.63, 3.8) is 0 Å². The minimum Gasteiger partial charge on any atom is -0.289 e. The number of hydrogen-bond acceptors (Lipinski definition) is 5. The molecule has 13 heavy (non-hydrogen) atoms. The van der Waals surface area contributed by atoms with E-state index in [2.05, 4.69) is 9.59 Å². The molecule has 3 aromatic rings. The number of nitrogens with one attached hydrogen (secondary N) is 3. The van der Waals surface area contributed by atoms with E-state index in [1.165, 1.54) is 16.0 Å². The maximum atomic E-state index is 7.60. The summed E-state index contributed by atoms with van der Waals surface area (Å²) in [5.41, 5.74) is 0. The molecule has 0 atom stereocenters. The first kappa shape index (κ1) is 7.86. The highest BCUT2D eigenvalue weighted by Gasteiger charge is 2.11. The normalized spacial score (nSPS) is 11.7. The van der Waals surface area contributed by atoms with Gasteiger partial charge in [0.15, 0.2) is 0 Å². The minimum atomic E-state index is 0.506. The van der Waals surface area contributed by atoms with Crippen LogP contribution in [0.5, 0.6) is 0 Å². The Hall–Kier alpha value is -0.500. The fraction of sp³-hybridized carbons (Fsp3) is 0. The summed E-state index contributed by atoms with van der Waals surface area (Å²) in [5.74, 6) is 0. The van der Waals surface area contributed by atoms with Crippen molar-refractivity contribution < 1.29 is 0 Å². The van der Waals surface area contributed by atoms with Crippen LogP contribution in [-0.4, -0.2) is 9.59 Å². The summed E-state index contributed by atoms with van der Waals surface area (Å²) in [7, 11) is 0. The van der Waals surface area contributed by atoms with Gasteiger partial charge in [-0.2, -0.15) is 0 Å². The van der Waals surface area contributed by atoms with Gasteiger partial charge in [-0.3, -0.25) is 15.0 Å². The summed E-state index contributed by atoms with van der Waals surface area (Å²) in [6.07, 6.45) is 0. The molecule has 0 saturated carbocycles. The van der Waals surface area contributed by atoms with Gasteiger partial charge in [-0.25, -0.2) is 0 Å². The second-order valence-corrected chi connectivity index (χ2v) is 5.77. The first-order chi connectivity index (χ1) is 6.27. The molecule has 0 radical (unpaired) electrons. The van der Waals surface area contributed by atoms with Crippen molar-refractivity contribution in [1.29, 1.82) is 5.41 Å². The van der Waals surface area contributed by atoms with Gasteiger partial charge in [0, 0.05) is 0 Å². The number of H-pyrrole nitrogens is 2. The van der Waals surface area contributed by atoms with E-state index in [9.17, 15) is 0 Å². The Morgan fingerprint density at radius 1 is 1.15 bits per heavy atom. The molecule has 3 N–H and O–H groups in total. The molecule has 0 unspecified atom stereocenters. The molecule has 0 aliphatic rings. The third-order valence-corrected chi connectivity index (χ3v) is 5.77. The van der Waals surface area contributed by atoms with E-state index in [1.807, 2.05) is 0 Å². The lowest BCUT2D eigenvalue weighted by atomic mass is 10.5. The van der Waals surface area contributed by atoms with Crippen molar-refractivity contribution >= 4 is 65.4 Å². The van der Waals surface area contributed by atoms with E-state index in [1.54, 1.807) is 22.9 Å². The van der Waals surface area contributed by atoms with Crippen LogP contribution < -0.4 is 4.67 Å². The van der Waals surface area contributed by atoms with Crippen LogP contribution in [0.3, 0.4) is 0 Å². The molecular weight excluding hydrogens is 242 g/mol. The van der Waals surface area contributed by atoms with Crippen LogP contribution in [0.25, 0.3) is 18.9 Å². The van der Waals surface area contributed by atoms with Gasteiger partial charge in [-0.15, -0.1) is 22.7 Å². The lowest BCUT2D eigenvalue weighted by Crippen LogP contribution is -1.84. The molecule has 3 rings (SSSR count). The van der Waals surface area contributed by atoms with Crippen LogP contribution in [0.4, 0.5) is 0 Å². The Kier molecular flexibility index (Phi) is 1.51. The van der Waals surface area contributed by atoms with E-state index >= 15 is 0 Å². The average molecular weight is 245 g/mol. The maximum Gasteiger partial charge on any atom is 0.129 e. The zero-order chi connectivity index (χ0) is 9.00. The van der Waals surface area contributed by atoms with E-state index in [4.69, 9.17) is 17.6 Å². The van der Waals surface area contributed by atoms with Crippen LogP contribution in [0.15, 0.2) is 0 Å². The second-order valence-electron chi connectivity index (χ2n) is 2.51. The lowest BCUT2D eigenvalue weighted by Gasteiger charge is -1.70. The van der Waals surface area contributed by atoms with Crippen LogP contribution >= 0.6 is 46.4 Å². The number of hydrogen-bond donors (Lipinski definition) is 3. The number of aromatic amines is 2. The average Bonchev–Trinajstić information content (AvgIpc) is 2.70. The van der Waals surface area contributed by atoms with E-state index < -0.39 is 0 Å². The molecule has 7 heteroatoms. The van der Waals surface area contributed by atoms with Gasteiger partial charge in [0.25, 0.3) is 0 Å². The first-order valence-electron chi connectivity index (χ1n) is 3.43. The molecule has 3 aromatic heterocycles. The standard InChI is InChI=1S/C6H3N3S4/c7-5-1(10)2-3(11-5)4-6(12-2)8-9-13-4/h7-9H. The smallest absolute Gasteiger partial charge is 0.129 e. The largest absolute Gasteiger partial charge is 0.289 e. The van der Waals surface area contributed by atoms with Crippen LogP contribution in [0.2, 0.25) is 0 Å². The van der Waals surface area contributed by atoms with Gasteiger partial charge < -0.3 is 0 Å². The molecule has 66 valence electrons. The number of rotatable bonds is 0. The summed E-state index contributed by atoms with van der Waals surface area (Å²) in [5, 5.41) is 10.7. The fourth-order valence-corrected chi connectivity index (χ4v) is 4.89. The van der Waals surface area contributed by atoms with E-state index in [-0.39, 0.29) is 0 Å². The summed E-state index contributed by atoms with van der Waals surface area (Å²) < 4.78 is 7.60. The molecule has 0 spiro atoms. The number of fused-ring (bicyclic) bond motifs is 3. The highest BCUT2D eigenvalue weighted by molar-refractivity contribution is 7.72. The minimum absolute atomic E-state index is 0.506. The van der Waals surface area contributed by atoms with Crippen molar-refractivity contribution in [3.05, 3.63) is 9.18 Å². The Morgan fingerprint density at radius 2 is 2.00 bits per heavy atom. The van der Waals surface area contributed by atoms with Crippen molar-refractivity contribution in [1.82, 2.24) is 9.59 Å². The summed E-state index contributed by atoms with van der Waals surface area (Å²) >= 11 is 9.79. The predicted octanol–water partition coefficient (Wildman–Crippen LogP) is 3.04. The molecule has 0 saturated heterocycles. The molecule has 0 aliphatic carbocycles. The Morgan fingerprint density at radius 3 is 2.85 bits per heavy atom. The third kappa shape index (κ3) is 0.925. The zero-order valence-corrected chi connectivity index (χ0v) is 9.40. The SMILES string of the molecule is N=c1sc2c(sc3[nH][nH]sc32)c1=S. The van der Waals surface area contributed by atoms with Crippen LogP contribution in [0, 0.1) is 9.92 Å². The van der Waals surface area contributed by atoms with Crippen LogP contribution in [0.1, 0.15) is 0 Å². The molecular formula is C6H3N3S4. The van der Waals surface area contributed by atoms with Gasteiger partial charge >= 0.3 is 0 Å². The molecule has 0 fully saturated rings. The van der Waals surface area contributed by atoms with Gasteiger partial charge in [-0.1, -0.05) is 12.2 Å². The van der Waals surface area contributed by atoms with Crippen molar-refractivity contribution in [3.8, 4) is 0 Å². The zero-order valence-electron chi connectivity index (χ0n) is 6.13. The molecule has 0 amide bonds. The molecule has 3 nitrogen and oxygen atoms in total. The van der Waals surface area contributed by atoms with Crippen molar-refractivity contribution in [2.24, 2.45) is 0 Å². The Bertz CT molecular complexity index is 690. The Labute approximate surface area is 89.3 Å². The second kappa shape index (κ2) is 2.50. The highest BCUT2D eigenvalue weighted by Crippen LogP contribution is 2.36. The first-order valence-corrected chi connectivity index (χ1v) is 6.29. The summed E-state index contributed by atoms with van der Waals surface area (Å²) in [6, 6.07) is 0. The quantitative estimate of drug-likeness (QED) is 0.524. The van der Waals surface area contributed by atoms with Gasteiger partial charge in [0.2, 0.25) is 0 Å². The van der Waals surface area contributed by atoms with Crippen LogP contribution in [-0.2, 0) is 0 Å². The number of aromatic nitrogens is 2. The lowest BCUT2D eigenvalue weighted by molar-refractivity contribution is 1.21. The molecule has 0 bridgehead atoms. The third-order valence-electron chi connectivity index (χ3n) is 1.76.